The Hall–Kier alpha value is -5.08. The van der Waals surface area contributed by atoms with Gasteiger partial charge in [-0.1, -0.05) is 72.8 Å². The molecule has 2 amide bonds. The van der Waals surface area contributed by atoms with Gasteiger partial charge in [0.15, 0.2) is 18.3 Å². The van der Waals surface area contributed by atoms with Gasteiger partial charge in [-0.05, 0) is 56.6 Å². The molecular formula is C41H47N3O10. The van der Waals surface area contributed by atoms with Gasteiger partial charge in [0.2, 0.25) is 0 Å². The predicted octanol–water partition coefficient (Wildman–Crippen LogP) is 2.80. The fraction of sp³-hybridized carbons (Fsp3) is 0.415. The first-order chi connectivity index (χ1) is 25.9. The van der Waals surface area contributed by atoms with Crippen molar-refractivity contribution in [2.24, 2.45) is 0 Å². The zero-order valence-corrected chi connectivity index (χ0v) is 30.6. The lowest BCUT2D eigenvalue weighted by molar-refractivity contribution is -0.201. The van der Waals surface area contributed by atoms with E-state index in [1.54, 1.807) is 72.8 Å². The maximum Gasteiger partial charge on any atom is 0.312 e. The molecule has 54 heavy (non-hydrogen) atoms. The smallest absolute Gasteiger partial charge is 0.312 e. The van der Waals surface area contributed by atoms with Crippen LogP contribution in [0.15, 0.2) is 84.6 Å². The lowest BCUT2D eigenvalue weighted by atomic mass is 9.53. The molecule has 1 saturated heterocycles. The van der Waals surface area contributed by atoms with E-state index in [0.717, 1.165) is 11.1 Å². The largest absolute Gasteiger partial charge is 0.481 e. The van der Waals surface area contributed by atoms with Crippen molar-refractivity contribution in [1.29, 1.82) is 0 Å². The molecule has 3 aromatic carbocycles. The molecule has 2 aliphatic heterocycles. The molecule has 1 fully saturated rings. The topological polar surface area (TPSA) is 184 Å². The average Bonchev–Trinajstić information content (AvgIpc) is 3.55. The van der Waals surface area contributed by atoms with Gasteiger partial charge < -0.3 is 40.2 Å². The number of esters is 2. The molecule has 13 heteroatoms. The minimum atomic E-state index is -1.39. The van der Waals surface area contributed by atoms with Crippen molar-refractivity contribution >= 4 is 23.8 Å². The van der Waals surface area contributed by atoms with Crippen molar-refractivity contribution in [2.45, 2.75) is 81.5 Å². The van der Waals surface area contributed by atoms with Crippen molar-refractivity contribution in [1.82, 2.24) is 15.5 Å². The van der Waals surface area contributed by atoms with E-state index in [9.17, 15) is 34.5 Å². The van der Waals surface area contributed by atoms with Crippen LogP contribution in [-0.4, -0.2) is 88.4 Å². The number of benzene rings is 3. The van der Waals surface area contributed by atoms with E-state index >= 15 is 0 Å². The Morgan fingerprint density at radius 3 is 2.04 bits per heavy atom. The highest BCUT2D eigenvalue weighted by molar-refractivity contribution is 5.83. The number of piperidine rings is 1. The molecular weight excluding hydrogens is 694 g/mol. The molecule has 2 heterocycles. The number of likely N-dealkylation sites (tertiary alicyclic amines) is 1. The van der Waals surface area contributed by atoms with Gasteiger partial charge >= 0.3 is 11.9 Å². The highest BCUT2D eigenvalue weighted by Crippen LogP contribution is 2.63. The summed E-state index contributed by atoms with van der Waals surface area (Å²) in [5.41, 5.74) is 0.760. The second-order valence-electron chi connectivity index (χ2n) is 14.1. The molecule has 1 spiro atoms. The number of aryl methyl sites for hydroxylation is 1. The molecule has 0 radical (unpaired) electrons. The van der Waals surface area contributed by atoms with Gasteiger partial charge in [0.05, 0.1) is 24.9 Å². The number of likely N-dealkylation sites (N-methyl/N-ethyl adjacent to an activating group) is 1. The number of fused-ring (bicyclic) bond motifs is 1. The van der Waals surface area contributed by atoms with Crippen LogP contribution in [0.3, 0.4) is 0 Å². The molecule has 0 aromatic heterocycles. The summed E-state index contributed by atoms with van der Waals surface area (Å²) < 4.78 is 19.3. The second-order valence-corrected chi connectivity index (χ2v) is 14.1. The quantitative estimate of drug-likeness (QED) is 0.163. The van der Waals surface area contributed by atoms with Crippen LogP contribution in [0.25, 0.3) is 0 Å². The minimum Gasteiger partial charge on any atom is -0.481 e. The molecule has 0 unspecified atom stereocenters. The van der Waals surface area contributed by atoms with Gasteiger partial charge in [-0.25, -0.2) is 0 Å². The zero-order valence-electron chi connectivity index (χ0n) is 30.6. The Labute approximate surface area is 313 Å². The summed E-state index contributed by atoms with van der Waals surface area (Å²) in [6.45, 7) is 4.03. The van der Waals surface area contributed by atoms with Crippen molar-refractivity contribution in [2.75, 3.05) is 26.7 Å². The highest BCUT2D eigenvalue weighted by atomic mass is 16.6. The molecule has 6 rings (SSSR count). The third-order valence-electron chi connectivity index (χ3n) is 11.1. The maximum absolute atomic E-state index is 13.8. The van der Waals surface area contributed by atoms with Crippen LogP contribution < -0.4 is 15.4 Å². The molecule has 286 valence electrons. The number of nitrogens with zero attached hydrogens (tertiary/aromatic N) is 1. The van der Waals surface area contributed by atoms with E-state index in [4.69, 9.17) is 14.2 Å². The lowest BCUT2D eigenvalue weighted by Gasteiger charge is -2.59. The second kappa shape index (κ2) is 16.1. The number of aliphatic hydroxyl groups is 3. The number of hydrogen-bond donors (Lipinski definition) is 5. The molecule has 1 aliphatic carbocycles. The normalized spacial score (nSPS) is 24.0. The Morgan fingerprint density at radius 2 is 1.46 bits per heavy atom. The van der Waals surface area contributed by atoms with Crippen LogP contribution in [-0.2, 0) is 40.7 Å². The van der Waals surface area contributed by atoms with Crippen LogP contribution in [0, 0.1) is 6.92 Å². The summed E-state index contributed by atoms with van der Waals surface area (Å²) in [6, 6.07) is 20.3. The first-order valence-electron chi connectivity index (χ1n) is 18.2. The monoisotopic (exact) mass is 741 g/mol. The van der Waals surface area contributed by atoms with Gasteiger partial charge in [-0.2, -0.15) is 0 Å². The van der Waals surface area contributed by atoms with E-state index in [1.165, 1.54) is 0 Å². The summed E-state index contributed by atoms with van der Waals surface area (Å²) in [7, 11) is 1.95. The molecule has 0 saturated carbocycles. The number of nitrogens with one attached hydrogen (secondary N) is 2. The van der Waals surface area contributed by atoms with Crippen LogP contribution in [0.5, 0.6) is 5.75 Å². The van der Waals surface area contributed by atoms with Crippen LogP contribution in [0.4, 0.5) is 0 Å². The summed E-state index contributed by atoms with van der Waals surface area (Å²) in [5, 5.41) is 36.5. The minimum absolute atomic E-state index is 0.0727. The van der Waals surface area contributed by atoms with Gasteiger partial charge in [-0.15, -0.1) is 0 Å². The van der Waals surface area contributed by atoms with Crippen LogP contribution >= 0.6 is 0 Å². The highest BCUT2D eigenvalue weighted by Gasteiger charge is 2.71. The summed E-state index contributed by atoms with van der Waals surface area (Å²) in [5.74, 6) is -1.81. The summed E-state index contributed by atoms with van der Waals surface area (Å²) in [4.78, 5) is 54.5. The first-order valence-corrected chi connectivity index (χ1v) is 18.2. The Balaban J connectivity index is 1.23. The third-order valence-corrected chi connectivity index (χ3v) is 11.1. The molecule has 6 atom stereocenters. The number of ether oxygens (including phenoxy) is 3. The molecule has 0 bridgehead atoms. The first kappa shape index (κ1) is 38.6. The van der Waals surface area contributed by atoms with E-state index < -0.39 is 53.1 Å². The number of amides is 2. The van der Waals surface area contributed by atoms with Gasteiger partial charge in [0.1, 0.15) is 17.1 Å². The van der Waals surface area contributed by atoms with E-state index in [2.05, 4.69) is 15.5 Å². The van der Waals surface area contributed by atoms with Gasteiger partial charge in [0, 0.05) is 36.7 Å². The maximum atomic E-state index is 13.8. The fourth-order valence-corrected chi connectivity index (χ4v) is 8.17. The van der Waals surface area contributed by atoms with E-state index in [1.807, 2.05) is 27.0 Å². The number of rotatable bonds is 13. The van der Waals surface area contributed by atoms with Crippen LogP contribution in [0.2, 0.25) is 0 Å². The Morgan fingerprint density at radius 1 is 0.889 bits per heavy atom. The van der Waals surface area contributed by atoms with E-state index in [-0.39, 0.29) is 50.8 Å². The van der Waals surface area contributed by atoms with Crippen molar-refractivity contribution in [3.8, 4) is 5.75 Å². The zero-order chi connectivity index (χ0) is 38.6. The fourth-order valence-electron chi connectivity index (χ4n) is 8.17. The number of aliphatic hydroxyl groups excluding tert-OH is 3. The standard InChI is InChI=1S/C41H47N3O10/c1-25-14-15-29(24-45)36-33(25)40-20-23-44(3)26(2)41(40,54-32(47)18-22-43-39(51)35(49)28-12-8-5-9-13-28)19-16-30(37(40)53-36)52-31(46)17-21-42-38(50)34(48)27-10-6-4-7-11-27/h4-16,26,34-35,37,45,48-49H,17-24H2,1-3H3,(H,42,50)(H,43,51)/t26-,34+,35+,37+,40+,41-/m1/s1. The van der Waals surface area contributed by atoms with Gasteiger partial charge in [0.25, 0.3) is 11.8 Å². The average molecular weight is 742 g/mol. The van der Waals surface area contributed by atoms with E-state index in [0.29, 0.717) is 35.4 Å². The molecule has 3 aliphatic rings. The van der Waals surface area contributed by atoms with Crippen molar-refractivity contribution in [3.63, 3.8) is 0 Å². The van der Waals surface area contributed by atoms with Gasteiger partial charge in [-0.3, -0.25) is 24.1 Å². The summed E-state index contributed by atoms with van der Waals surface area (Å²) in [6.07, 6.45) is -1.74. The van der Waals surface area contributed by atoms with Crippen molar-refractivity contribution in [3.05, 3.63) is 112 Å². The molecule has 13 nitrogen and oxygen atoms in total. The number of carbonyl (C=O) groups is 4. The molecule has 5 N–H and O–H groups in total. The number of carbonyl (C=O) groups excluding carboxylic acids is 4. The molecule has 3 aromatic rings. The third kappa shape index (κ3) is 7.12. The number of hydrogen-bond acceptors (Lipinski definition) is 11. The predicted molar refractivity (Wildman–Crippen MR) is 196 cm³/mol. The van der Waals surface area contributed by atoms with Crippen molar-refractivity contribution < 1.29 is 48.7 Å². The SMILES string of the molecule is Cc1ccc(CO)c2c1[C@]13CCN(C)[C@H](C)[C@]1(OC(=O)CCNC(=O)[C@@H](O)c1ccccc1)CC=C(OC(=O)CCNC(=O)[C@@H](O)c1ccccc1)[C@@H]3O2. The summed E-state index contributed by atoms with van der Waals surface area (Å²) >= 11 is 0. The Kier molecular flexibility index (Phi) is 11.5. The lowest BCUT2D eigenvalue weighted by Crippen LogP contribution is -2.73. The van der Waals surface area contributed by atoms with Crippen LogP contribution in [0.1, 0.15) is 72.6 Å². The Bertz CT molecular complexity index is 1900.